The Morgan fingerprint density at radius 2 is 1.71 bits per heavy atom. The molecule has 1 heterocycles. The van der Waals surface area contributed by atoms with Gasteiger partial charge in [-0.05, 0) is 54.8 Å². The van der Waals surface area contributed by atoms with E-state index in [1.807, 2.05) is 36.4 Å². The maximum absolute atomic E-state index is 12.0. The van der Waals surface area contributed by atoms with E-state index >= 15 is 0 Å². The van der Waals surface area contributed by atoms with Crippen molar-refractivity contribution in [3.63, 3.8) is 0 Å². The molecule has 0 fully saturated rings. The molecular weight excluding hydrogens is 414 g/mol. The number of nitrogens with one attached hydrogen (secondary N) is 1. The number of hydrogen-bond acceptors (Lipinski definition) is 6. The van der Waals surface area contributed by atoms with Gasteiger partial charge in [0.25, 0.3) is 0 Å². The van der Waals surface area contributed by atoms with Gasteiger partial charge in [-0.2, -0.15) is 0 Å². The number of hydrazone groups is 1. The van der Waals surface area contributed by atoms with Gasteiger partial charge in [0, 0.05) is 20.3 Å². The summed E-state index contributed by atoms with van der Waals surface area (Å²) in [5.74, 6) is 1.15. The summed E-state index contributed by atoms with van der Waals surface area (Å²) < 4.78 is 11.7. The second-order valence-corrected chi connectivity index (χ2v) is 8.44. The van der Waals surface area contributed by atoms with E-state index < -0.39 is 0 Å². The highest BCUT2D eigenvalue weighted by atomic mass is 32.2. The minimum atomic E-state index is -0.351. The molecule has 0 aliphatic carbocycles. The number of carbonyl (C=O) groups excluding carboxylic acids is 2. The van der Waals surface area contributed by atoms with Crippen molar-refractivity contribution < 1.29 is 19.1 Å². The standard InChI is InChI=1S/C23H27N3O4S/c1-15-11-16(2)13-21(12-15)30-10-6-9-29-20-8-5-7-19(14-20)22-26(18(4)28)25-23(31-22)24-17(3)27/h5,7-8,11-14,22H,6,9-10H2,1-4H3,(H,24,25,27). The zero-order chi connectivity index (χ0) is 22.4. The number of carbonyl (C=O) groups is 2. The number of amidine groups is 1. The average Bonchev–Trinajstić information content (AvgIpc) is 3.11. The van der Waals surface area contributed by atoms with E-state index in [1.165, 1.54) is 41.7 Å². The molecule has 1 aliphatic rings. The lowest BCUT2D eigenvalue weighted by Crippen LogP contribution is -2.25. The van der Waals surface area contributed by atoms with Crippen molar-refractivity contribution in [3.05, 3.63) is 59.2 Å². The van der Waals surface area contributed by atoms with Gasteiger partial charge in [0.2, 0.25) is 11.8 Å². The fourth-order valence-corrected chi connectivity index (χ4v) is 4.32. The van der Waals surface area contributed by atoms with Gasteiger partial charge in [-0.25, -0.2) is 5.01 Å². The van der Waals surface area contributed by atoms with Crippen LogP contribution in [0.1, 0.15) is 42.3 Å². The number of aryl methyl sites for hydroxylation is 2. The van der Waals surface area contributed by atoms with Gasteiger partial charge in [-0.15, -0.1) is 5.10 Å². The second-order valence-electron chi connectivity index (χ2n) is 7.37. The second kappa shape index (κ2) is 10.3. The Labute approximate surface area is 186 Å². The molecule has 0 aromatic heterocycles. The summed E-state index contributed by atoms with van der Waals surface area (Å²) in [6, 6.07) is 13.7. The first-order chi connectivity index (χ1) is 14.8. The van der Waals surface area contributed by atoms with Gasteiger partial charge in [0.05, 0.1) is 13.2 Å². The number of amides is 2. The first-order valence-corrected chi connectivity index (χ1v) is 11.0. The lowest BCUT2D eigenvalue weighted by molar-refractivity contribution is -0.129. The van der Waals surface area contributed by atoms with Gasteiger partial charge < -0.3 is 14.8 Å². The minimum absolute atomic E-state index is 0.201. The van der Waals surface area contributed by atoms with Gasteiger partial charge in [0.1, 0.15) is 16.9 Å². The van der Waals surface area contributed by atoms with Crippen LogP contribution < -0.4 is 14.8 Å². The molecule has 3 rings (SSSR count). The normalized spacial score (nSPS) is 15.4. The van der Waals surface area contributed by atoms with Crippen LogP contribution in [0.2, 0.25) is 0 Å². The van der Waals surface area contributed by atoms with Gasteiger partial charge in [-0.1, -0.05) is 30.0 Å². The van der Waals surface area contributed by atoms with Crippen molar-refractivity contribution in [1.82, 2.24) is 10.3 Å². The van der Waals surface area contributed by atoms with E-state index in [4.69, 9.17) is 9.47 Å². The molecule has 7 nitrogen and oxygen atoms in total. The third kappa shape index (κ3) is 6.49. The summed E-state index contributed by atoms with van der Waals surface area (Å²) in [5.41, 5.74) is 3.23. The van der Waals surface area contributed by atoms with Crippen LogP contribution in [0.5, 0.6) is 11.5 Å². The summed E-state index contributed by atoms with van der Waals surface area (Å²) in [4.78, 5) is 23.3. The van der Waals surface area contributed by atoms with Crippen molar-refractivity contribution >= 4 is 28.7 Å². The summed E-state index contributed by atoms with van der Waals surface area (Å²) in [6.45, 7) is 8.03. The quantitative estimate of drug-likeness (QED) is 0.653. The van der Waals surface area contributed by atoms with Crippen molar-refractivity contribution in [2.75, 3.05) is 13.2 Å². The molecular formula is C23H27N3O4S. The monoisotopic (exact) mass is 441 g/mol. The van der Waals surface area contributed by atoms with E-state index in [-0.39, 0.29) is 17.2 Å². The van der Waals surface area contributed by atoms with Crippen LogP contribution in [0.3, 0.4) is 0 Å². The van der Waals surface area contributed by atoms with Crippen LogP contribution in [-0.2, 0) is 9.59 Å². The van der Waals surface area contributed by atoms with Crippen LogP contribution in [0.25, 0.3) is 0 Å². The van der Waals surface area contributed by atoms with Gasteiger partial charge >= 0.3 is 0 Å². The molecule has 0 bridgehead atoms. The first kappa shape index (κ1) is 22.7. The summed E-state index contributed by atoms with van der Waals surface area (Å²) >= 11 is 1.32. The molecule has 8 heteroatoms. The molecule has 2 aromatic carbocycles. The molecule has 0 saturated carbocycles. The molecule has 1 aliphatic heterocycles. The van der Waals surface area contributed by atoms with Crippen LogP contribution in [0.4, 0.5) is 0 Å². The van der Waals surface area contributed by atoms with Crippen molar-refractivity contribution in [2.24, 2.45) is 5.10 Å². The molecule has 1 unspecified atom stereocenters. The maximum atomic E-state index is 12.0. The van der Waals surface area contributed by atoms with Crippen molar-refractivity contribution in [2.45, 2.75) is 39.5 Å². The van der Waals surface area contributed by atoms with Crippen LogP contribution >= 0.6 is 11.8 Å². The van der Waals surface area contributed by atoms with Crippen molar-refractivity contribution in [3.8, 4) is 11.5 Å². The number of thioether (sulfide) groups is 1. The fourth-order valence-electron chi connectivity index (χ4n) is 3.19. The molecule has 164 valence electrons. The molecule has 0 radical (unpaired) electrons. The largest absolute Gasteiger partial charge is 0.493 e. The molecule has 0 saturated heterocycles. The summed E-state index contributed by atoms with van der Waals surface area (Å²) in [5, 5.41) is 8.28. The SMILES string of the molecule is CC(=O)NC1=NN(C(C)=O)C(c2cccc(OCCCOc3cc(C)cc(C)c3)c2)S1. The highest BCUT2D eigenvalue weighted by molar-refractivity contribution is 8.14. The third-order valence-electron chi connectivity index (χ3n) is 4.41. The zero-order valence-electron chi connectivity index (χ0n) is 18.2. The molecule has 2 aromatic rings. The van der Waals surface area contributed by atoms with Crippen LogP contribution in [0.15, 0.2) is 47.6 Å². The number of rotatable bonds is 7. The van der Waals surface area contributed by atoms with Gasteiger partial charge in [0.15, 0.2) is 5.17 Å². The fraction of sp³-hybridized carbons (Fsp3) is 0.348. The predicted octanol–water partition coefficient (Wildman–Crippen LogP) is 4.15. The molecule has 2 amide bonds. The lowest BCUT2D eigenvalue weighted by Gasteiger charge is -2.19. The average molecular weight is 442 g/mol. The maximum Gasteiger partial charge on any atom is 0.241 e. The highest BCUT2D eigenvalue weighted by Crippen LogP contribution is 2.39. The number of hydrogen-bond donors (Lipinski definition) is 1. The Bertz CT molecular complexity index is 972. The predicted molar refractivity (Wildman–Crippen MR) is 122 cm³/mol. The molecule has 1 atom stereocenters. The number of ether oxygens (including phenoxy) is 2. The zero-order valence-corrected chi connectivity index (χ0v) is 19.0. The number of benzene rings is 2. The minimum Gasteiger partial charge on any atom is -0.493 e. The Balaban J connectivity index is 1.54. The van der Waals surface area contributed by atoms with E-state index in [9.17, 15) is 9.59 Å². The Morgan fingerprint density at radius 3 is 2.35 bits per heavy atom. The van der Waals surface area contributed by atoms with E-state index in [0.29, 0.717) is 24.1 Å². The van der Waals surface area contributed by atoms with Gasteiger partial charge in [-0.3, -0.25) is 9.59 Å². The highest BCUT2D eigenvalue weighted by Gasteiger charge is 2.32. The van der Waals surface area contributed by atoms with E-state index in [2.05, 4.69) is 30.3 Å². The summed E-state index contributed by atoms with van der Waals surface area (Å²) in [6.07, 6.45) is 0.741. The van der Waals surface area contributed by atoms with E-state index in [0.717, 1.165) is 17.7 Å². The third-order valence-corrected chi connectivity index (χ3v) is 5.52. The van der Waals surface area contributed by atoms with Crippen LogP contribution in [0, 0.1) is 13.8 Å². The first-order valence-electron chi connectivity index (χ1n) is 10.1. The molecule has 0 spiro atoms. The Kier molecular flexibility index (Phi) is 7.57. The lowest BCUT2D eigenvalue weighted by atomic mass is 10.1. The summed E-state index contributed by atoms with van der Waals surface area (Å²) in [7, 11) is 0. The van der Waals surface area contributed by atoms with Crippen molar-refractivity contribution in [1.29, 1.82) is 0 Å². The smallest absolute Gasteiger partial charge is 0.241 e. The number of nitrogens with zero attached hydrogens (tertiary/aromatic N) is 2. The topological polar surface area (TPSA) is 80.2 Å². The molecule has 31 heavy (non-hydrogen) atoms. The van der Waals surface area contributed by atoms with Crippen LogP contribution in [-0.4, -0.2) is 35.2 Å². The molecule has 1 N–H and O–H groups in total. The Hall–Kier alpha value is -3.00. The Morgan fingerprint density at radius 1 is 1.03 bits per heavy atom. The van der Waals surface area contributed by atoms with E-state index in [1.54, 1.807) is 0 Å².